The van der Waals surface area contributed by atoms with E-state index < -0.39 is 12.1 Å². The second kappa shape index (κ2) is 10.3. The summed E-state index contributed by atoms with van der Waals surface area (Å²) in [6, 6.07) is 25.3. The number of benzene rings is 3. The third-order valence-electron chi connectivity index (χ3n) is 5.79. The number of ether oxygens (including phenoxy) is 2. The van der Waals surface area contributed by atoms with Crippen LogP contribution in [0.25, 0.3) is 11.1 Å². The van der Waals surface area contributed by atoms with Crippen LogP contribution in [0.15, 0.2) is 78.9 Å². The van der Waals surface area contributed by atoms with Crippen LogP contribution in [0.2, 0.25) is 0 Å². The van der Waals surface area contributed by atoms with Gasteiger partial charge in [0.2, 0.25) is 0 Å². The van der Waals surface area contributed by atoms with E-state index in [1.807, 2.05) is 68.4 Å². The van der Waals surface area contributed by atoms with Crippen molar-refractivity contribution in [3.05, 3.63) is 95.6 Å². The Morgan fingerprint density at radius 2 is 1.39 bits per heavy atom. The molecule has 33 heavy (non-hydrogen) atoms. The molecular formula is C28H29NO4. The highest BCUT2D eigenvalue weighted by Gasteiger charge is 2.29. The van der Waals surface area contributed by atoms with Gasteiger partial charge in [0.15, 0.2) is 0 Å². The Labute approximate surface area is 194 Å². The Morgan fingerprint density at radius 3 is 2.00 bits per heavy atom. The van der Waals surface area contributed by atoms with Gasteiger partial charge in [-0.15, -0.1) is 0 Å². The number of hydrogen-bond donors (Lipinski definition) is 1. The van der Waals surface area contributed by atoms with Gasteiger partial charge in [0.05, 0.1) is 19.1 Å². The molecule has 0 spiro atoms. The molecule has 0 fully saturated rings. The molecule has 0 aliphatic heterocycles. The summed E-state index contributed by atoms with van der Waals surface area (Å²) in [4.78, 5) is 25.1. The summed E-state index contributed by atoms with van der Waals surface area (Å²) in [5, 5.41) is 2.86. The molecule has 3 aromatic rings. The number of hydrogen-bond acceptors (Lipinski definition) is 4. The Hall–Kier alpha value is -3.60. The summed E-state index contributed by atoms with van der Waals surface area (Å²) < 4.78 is 11.0. The number of fused-ring (bicyclic) bond motifs is 3. The van der Waals surface area contributed by atoms with Gasteiger partial charge >= 0.3 is 12.1 Å². The van der Waals surface area contributed by atoms with E-state index in [1.165, 1.54) is 11.1 Å². The van der Waals surface area contributed by atoms with Gasteiger partial charge in [-0.1, -0.05) is 92.7 Å². The van der Waals surface area contributed by atoms with Crippen molar-refractivity contribution in [3.63, 3.8) is 0 Å². The lowest BCUT2D eigenvalue weighted by atomic mass is 9.98. The van der Waals surface area contributed by atoms with E-state index in [2.05, 4.69) is 29.6 Å². The van der Waals surface area contributed by atoms with Gasteiger partial charge in [0.25, 0.3) is 0 Å². The molecular weight excluding hydrogens is 414 g/mol. The van der Waals surface area contributed by atoms with Crippen molar-refractivity contribution in [2.75, 3.05) is 13.2 Å². The third-order valence-corrected chi connectivity index (χ3v) is 5.79. The van der Waals surface area contributed by atoms with Gasteiger partial charge in [-0.3, -0.25) is 4.79 Å². The van der Waals surface area contributed by atoms with E-state index >= 15 is 0 Å². The fourth-order valence-corrected chi connectivity index (χ4v) is 4.21. The van der Waals surface area contributed by atoms with Crippen molar-refractivity contribution in [1.29, 1.82) is 0 Å². The smallest absolute Gasteiger partial charge is 0.407 e. The van der Waals surface area contributed by atoms with Crippen LogP contribution in [0, 0.1) is 5.92 Å². The maximum absolute atomic E-state index is 12.8. The molecule has 4 rings (SSSR count). The van der Waals surface area contributed by atoms with Crippen LogP contribution in [0.5, 0.6) is 0 Å². The van der Waals surface area contributed by atoms with Crippen LogP contribution in [-0.4, -0.2) is 25.3 Å². The molecule has 0 saturated heterocycles. The summed E-state index contributed by atoms with van der Waals surface area (Å²) in [6.45, 7) is 4.54. The molecule has 1 aliphatic rings. The predicted octanol–water partition coefficient (Wildman–Crippen LogP) is 5.86. The molecule has 0 aromatic heterocycles. The van der Waals surface area contributed by atoms with Crippen molar-refractivity contribution in [2.45, 2.75) is 32.2 Å². The predicted molar refractivity (Wildman–Crippen MR) is 128 cm³/mol. The molecule has 0 heterocycles. The van der Waals surface area contributed by atoms with E-state index in [9.17, 15) is 9.59 Å². The van der Waals surface area contributed by atoms with Crippen LogP contribution >= 0.6 is 0 Å². The first-order valence-corrected chi connectivity index (χ1v) is 11.3. The van der Waals surface area contributed by atoms with E-state index in [-0.39, 0.29) is 30.8 Å². The molecule has 0 unspecified atom stereocenters. The van der Waals surface area contributed by atoms with Crippen molar-refractivity contribution in [2.24, 2.45) is 5.92 Å². The van der Waals surface area contributed by atoms with Crippen molar-refractivity contribution in [3.8, 4) is 11.1 Å². The monoisotopic (exact) mass is 443 g/mol. The first kappa shape index (κ1) is 22.6. The molecule has 3 aromatic carbocycles. The lowest BCUT2D eigenvalue weighted by molar-refractivity contribution is -0.145. The van der Waals surface area contributed by atoms with Crippen LogP contribution in [0.4, 0.5) is 4.79 Å². The molecule has 1 N–H and O–H groups in total. The van der Waals surface area contributed by atoms with Crippen LogP contribution in [0.3, 0.4) is 0 Å². The quantitative estimate of drug-likeness (QED) is 0.443. The second-order valence-corrected chi connectivity index (χ2v) is 8.71. The van der Waals surface area contributed by atoms with Crippen molar-refractivity contribution >= 4 is 12.1 Å². The van der Waals surface area contributed by atoms with E-state index in [4.69, 9.17) is 9.47 Å². The Bertz CT molecular complexity index is 1060. The normalized spacial score (nSPS) is 13.2. The van der Waals surface area contributed by atoms with Gasteiger partial charge < -0.3 is 14.8 Å². The zero-order valence-electron chi connectivity index (χ0n) is 19.0. The minimum absolute atomic E-state index is 0.0191. The Morgan fingerprint density at radius 1 is 0.818 bits per heavy atom. The van der Waals surface area contributed by atoms with Crippen molar-refractivity contribution in [1.82, 2.24) is 5.32 Å². The van der Waals surface area contributed by atoms with E-state index in [1.54, 1.807) is 0 Å². The highest BCUT2D eigenvalue weighted by molar-refractivity contribution is 5.79. The summed E-state index contributed by atoms with van der Waals surface area (Å²) >= 11 is 0. The lowest BCUT2D eigenvalue weighted by Gasteiger charge is -2.20. The first-order chi connectivity index (χ1) is 16.0. The summed E-state index contributed by atoms with van der Waals surface area (Å²) in [5.41, 5.74) is 5.49. The average Bonchev–Trinajstić information content (AvgIpc) is 3.15. The second-order valence-electron chi connectivity index (χ2n) is 8.71. The molecule has 1 amide bonds. The van der Waals surface area contributed by atoms with Crippen molar-refractivity contribution < 1.29 is 19.1 Å². The zero-order valence-corrected chi connectivity index (χ0v) is 19.0. The number of esters is 1. The molecule has 1 aliphatic carbocycles. The first-order valence-electron chi connectivity index (χ1n) is 11.3. The fraction of sp³-hybridized carbons (Fsp3) is 0.286. The van der Waals surface area contributed by atoms with Gasteiger partial charge in [-0.2, -0.15) is 0 Å². The van der Waals surface area contributed by atoms with Gasteiger partial charge in [0.1, 0.15) is 6.61 Å². The minimum Gasteiger partial charge on any atom is -0.465 e. The SMILES string of the molecule is CC(C)COC(=O)C[C@H](NC(=O)OCC1c2ccccc2-c2ccccc21)c1ccccc1. The summed E-state index contributed by atoms with van der Waals surface area (Å²) in [7, 11) is 0. The number of carbonyl (C=O) groups is 2. The lowest BCUT2D eigenvalue weighted by Crippen LogP contribution is -2.32. The summed E-state index contributed by atoms with van der Waals surface area (Å²) in [6.07, 6.45) is -0.511. The highest BCUT2D eigenvalue weighted by atomic mass is 16.5. The molecule has 170 valence electrons. The highest BCUT2D eigenvalue weighted by Crippen LogP contribution is 2.44. The third kappa shape index (κ3) is 5.43. The molecule has 1 atom stereocenters. The molecule has 0 radical (unpaired) electrons. The fourth-order valence-electron chi connectivity index (χ4n) is 4.21. The number of amides is 1. The van der Waals surface area contributed by atoms with E-state index in [0.717, 1.165) is 16.7 Å². The molecule has 5 heteroatoms. The number of carbonyl (C=O) groups excluding carboxylic acids is 2. The van der Waals surface area contributed by atoms with Gasteiger partial charge in [-0.05, 0) is 33.7 Å². The average molecular weight is 444 g/mol. The standard InChI is InChI=1S/C28H29NO4/c1-19(2)17-32-27(30)16-26(20-10-4-3-5-11-20)29-28(31)33-18-25-23-14-8-6-12-21(23)22-13-7-9-15-24(22)25/h3-15,19,25-26H,16-18H2,1-2H3,(H,29,31)/t26-/m0/s1. The maximum atomic E-state index is 12.8. The zero-order chi connectivity index (χ0) is 23.2. The largest absolute Gasteiger partial charge is 0.465 e. The maximum Gasteiger partial charge on any atom is 0.407 e. The summed E-state index contributed by atoms with van der Waals surface area (Å²) in [5.74, 6) is -0.120. The molecule has 5 nitrogen and oxygen atoms in total. The number of alkyl carbamates (subject to hydrolysis) is 1. The van der Waals surface area contributed by atoms with Gasteiger partial charge in [-0.25, -0.2) is 4.79 Å². The topological polar surface area (TPSA) is 64.6 Å². The van der Waals surface area contributed by atoms with Crippen LogP contribution in [0.1, 0.15) is 48.9 Å². The number of nitrogens with one attached hydrogen (secondary N) is 1. The minimum atomic E-state index is -0.553. The molecule has 0 bridgehead atoms. The Balaban J connectivity index is 1.43. The van der Waals surface area contributed by atoms with Crippen LogP contribution in [-0.2, 0) is 14.3 Å². The van der Waals surface area contributed by atoms with Crippen LogP contribution < -0.4 is 5.32 Å². The number of rotatable bonds is 8. The Kier molecular flexibility index (Phi) is 7.08. The van der Waals surface area contributed by atoms with Gasteiger partial charge in [0, 0.05) is 5.92 Å². The van der Waals surface area contributed by atoms with E-state index in [0.29, 0.717) is 6.61 Å². The molecule has 0 saturated carbocycles.